The highest BCUT2D eigenvalue weighted by molar-refractivity contribution is 6.13. The SMILES string of the molecule is CC(C)(C)O[C@H]1Cc2ccccc2[C@@H]1N1C(=O)C=CC1=O. The Bertz CT molecular complexity index is 609. The van der Waals surface area contributed by atoms with Crippen molar-refractivity contribution in [1.82, 2.24) is 4.90 Å². The van der Waals surface area contributed by atoms with E-state index in [0.29, 0.717) is 0 Å². The minimum Gasteiger partial charge on any atom is -0.370 e. The molecule has 0 N–H and O–H groups in total. The smallest absolute Gasteiger partial charge is 0.254 e. The Hall–Kier alpha value is -1.94. The van der Waals surface area contributed by atoms with Crippen LogP contribution >= 0.6 is 0 Å². The summed E-state index contributed by atoms with van der Waals surface area (Å²) in [5, 5.41) is 0. The Balaban J connectivity index is 1.99. The van der Waals surface area contributed by atoms with Gasteiger partial charge in [0.05, 0.1) is 17.7 Å². The average Bonchev–Trinajstić information content (AvgIpc) is 2.88. The molecule has 0 radical (unpaired) electrons. The highest BCUT2D eigenvalue weighted by Gasteiger charge is 2.44. The lowest BCUT2D eigenvalue weighted by atomic mass is 10.1. The lowest BCUT2D eigenvalue weighted by Crippen LogP contribution is -2.42. The number of ether oxygens (including phenoxy) is 1. The molecule has 2 atom stereocenters. The van der Waals surface area contributed by atoms with E-state index < -0.39 is 0 Å². The summed E-state index contributed by atoms with van der Waals surface area (Å²) in [5.74, 6) is -0.520. The molecule has 1 aliphatic heterocycles. The van der Waals surface area contributed by atoms with E-state index in [9.17, 15) is 9.59 Å². The molecular formula is C17H19NO3. The number of nitrogens with zero attached hydrogens (tertiary/aromatic N) is 1. The fourth-order valence-corrected chi connectivity index (χ4v) is 3.09. The van der Waals surface area contributed by atoms with Crippen molar-refractivity contribution in [3.63, 3.8) is 0 Å². The Morgan fingerprint density at radius 2 is 1.71 bits per heavy atom. The van der Waals surface area contributed by atoms with E-state index in [1.807, 2.05) is 45.0 Å². The molecule has 4 heteroatoms. The van der Waals surface area contributed by atoms with Crippen LogP contribution in [-0.2, 0) is 20.7 Å². The number of hydrogen-bond donors (Lipinski definition) is 0. The van der Waals surface area contributed by atoms with Crippen LogP contribution in [0.1, 0.15) is 37.9 Å². The number of carbonyl (C=O) groups is 2. The van der Waals surface area contributed by atoms with Gasteiger partial charge in [0.15, 0.2) is 0 Å². The van der Waals surface area contributed by atoms with E-state index in [1.54, 1.807) is 0 Å². The molecule has 1 aromatic carbocycles. The molecule has 2 aliphatic rings. The van der Waals surface area contributed by atoms with Crippen molar-refractivity contribution in [2.75, 3.05) is 0 Å². The van der Waals surface area contributed by atoms with Crippen molar-refractivity contribution in [2.45, 2.75) is 44.9 Å². The van der Waals surface area contributed by atoms with Crippen LogP contribution in [0.5, 0.6) is 0 Å². The number of hydrogen-bond acceptors (Lipinski definition) is 3. The fraction of sp³-hybridized carbons (Fsp3) is 0.412. The van der Waals surface area contributed by atoms with E-state index in [1.165, 1.54) is 17.1 Å². The van der Waals surface area contributed by atoms with Crippen molar-refractivity contribution in [3.05, 3.63) is 47.5 Å². The molecule has 1 heterocycles. The van der Waals surface area contributed by atoms with Crippen LogP contribution in [0, 0.1) is 0 Å². The fourth-order valence-electron chi connectivity index (χ4n) is 3.09. The largest absolute Gasteiger partial charge is 0.370 e. The van der Waals surface area contributed by atoms with Gasteiger partial charge in [0.2, 0.25) is 0 Å². The molecule has 0 aromatic heterocycles. The number of fused-ring (bicyclic) bond motifs is 1. The van der Waals surface area contributed by atoms with E-state index >= 15 is 0 Å². The molecule has 0 unspecified atom stereocenters. The summed E-state index contributed by atoms with van der Waals surface area (Å²) in [4.78, 5) is 25.4. The van der Waals surface area contributed by atoms with Gasteiger partial charge in [-0.2, -0.15) is 0 Å². The number of carbonyl (C=O) groups excluding carboxylic acids is 2. The van der Waals surface area contributed by atoms with Gasteiger partial charge in [-0.05, 0) is 31.9 Å². The zero-order chi connectivity index (χ0) is 15.2. The van der Waals surface area contributed by atoms with E-state index in [2.05, 4.69) is 0 Å². The number of amides is 2. The first-order valence-electron chi connectivity index (χ1n) is 7.18. The van der Waals surface area contributed by atoms with Crippen LogP contribution in [0.25, 0.3) is 0 Å². The second-order valence-corrected chi connectivity index (χ2v) is 6.50. The molecule has 4 nitrogen and oxygen atoms in total. The minimum atomic E-state index is -0.338. The van der Waals surface area contributed by atoms with Crippen molar-refractivity contribution >= 4 is 11.8 Å². The monoisotopic (exact) mass is 285 g/mol. The van der Waals surface area contributed by atoms with Gasteiger partial charge in [-0.15, -0.1) is 0 Å². The summed E-state index contributed by atoms with van der Waals surface area (Å²) in [7, 11) is 0. The molecule has 21 heavy (non-hydrogen) atoms. The van der Waals surface area contributed by atoms with Crippen LogP contribution in [0.2, 0.25) is 0 Å². The summed E-state index contributed by atoms with van der Waals surface area (Å²) >= 11 is 0. The molecule has 0 saturated heterocycles. The minimum absolute atomic E-state index is 0.199. The standard InChI is InChI=1S/C17H19NO3/c1-17(2,3)21-13-10-11-6-4-5-7-12(11)16(13)18-14(19)8-9-15(18)20/h4-9,13,16H,10H2,1-3H3/t13-,16-/m0/s1. The van der Waals surface area contributed by atoms with Crippen molar-refractivity contribution in [2.24, 2.45) is 0 Å². The van der Waals surface area contributed by atoms with Crippen LogP contribution in [0.4, 0.5) is 0 Å². The van der Waals surface area contributed by atoms with Gasteiger partial charge in [-0.3, -0.25) is 14.5 Å². The maximum Gasteiger partial charge on any atom is 0.254 e. The molecular weight excluding hydrogens is 266 g/mol. The van der Waals surface area contributed by atoms with Gasteiger partial charge in [0, 0.05) is 18.6 Å². The molecule has 110 valence electrons. The topological polar surface area (TPSA) is 46.6 Å². The summed E-state index contributed by atoms with van der Waals surface area (Å²) in [6, 6.07) is 7.58. The highest BCUT2D eigenvalue weighted by atomic mass is 16.5. The summed E-state index contributed by atoms with van der Waals surface area (Å²) in [5.41, 5.74) is 1.82. The second-order valence-electron chi connectivity index (χ2n) is 6.50. The maximum atomic E-state index is 12.1. The van der Waals surface area contributed by atoms with E-state index in [-0.39, 0.29) is 29.6 Å². The molecule has 1 aromatic rings. The third-order valence-electron chi connectivity index (χ3n) is 3.77. The van der Waals surface area contributed by atoms with Gasteiger partial charge in [-0.25, -0.2) is 0 Å². The van der Waals surface area contributed by atoms with E-state index in [4.69, 9.17) is 4.74 Å². The maximum absolute atomic E-state index is 12.1. The number of imide groups is 1. The lowest BCUT2D eigenvalue weighted by molar-refractivity contribution is -0.148. The second kappa shape index (κ2) is 4.81. The van der Waals surface area contributed by atoms with Crippen LogP contribution in [0.15, 0.2) is 36.4 Å². The van der Waals surface area contributed by atoms with Gasteiger partial charge in [0.1, 0.15) is 0 Å². The zero-order valence-corrected chi connectivity index (χ0v) is 12.5. The van der Waals surface area contributed by atoms with Gasteiger partial charge in [-0.1, -0.05) is 24.3 Å². The predicted molar refractivity (Wildman–Crippen MR) is 78.5 cm³/mol. The molecule has 0 fully saturated rings. The lowest BCUT2D eigenvalue weighted by Gasteiger charge is -2.33. The first-order chi connectivity index (χ1) is 9.87. The first-order valence-corrected chi connectivity index (χ1v) is 7.18. The van der Waals surface area contributed by atoms with Crippen LogP contribution in [-0.4, -0.2) is 28.4 Å². The third-order valence-corrected chi connectivity index (χ3v) is 3.77. The van der Waals surface area contributed by atoms with Gasteiger partial charge >= 0.3 is 0 Å². The quantitative estimate of drug-likeness (QED) is 0.784. The Kier molecular flexibility index (Phi) is 3.21. The molecule has 0 spiro atoms. The van der Waals surface area contributed by atoms with Crippen LogP contribution in [0.3, 0.4) is 0 Å². The Morgan fingerprint density at radius 3 is 2.33 bits per heavy atom. The Labute approximate surface area is 124 Å². The number of rotatable bonds is 2. The summed E-state index contributed by atoms with van der Waals surface area (Å²) in [6.45, 7) is 5.96. The Morgan fingerprint density at radius 1 is 1.10 bits per heavy atom. The molecule has 3 rings (SSSR count). The van der Waals surface area contributed by atoms with Gasteiger partial charge < -0.3 is 4.74 Å². The van der Waals surface area contributed by atoms with E-state index in [0.717, 1.165) is 17.5 Å². The van der Waals surface area contributed by atoms with Crippen molar-refractivity contribution < 1.29 is 14.3 Å². The van der Waals surface area contributed by atoms with Crippen LogP contribution < -0.4 is 0 Å². The predicted octanol–water partition coefficient (Wildman–Crippen LogP) is 2.39. The first kappa shape index (κ1) is 14.0. The summed E-state index contributed by atoms with van der Waals surface area (Å²) < 4.78 is 6.13. The molecule has 0 saturated carbocycles. The molecule has 2 amide bonds. The van der Waals surface area contributed by atoms with Crippen molar-refractivity contribution in [3.8, 4) is 0 Å². The normalized spacial score (nSPS) is 24.8. The average molecular weight is 285 g/mol. The van der Waals surface area contributed by atoms with Crippen molar-refractivity contribution in [1.29, 1.82) is 0 Å². The zero-order valence-electron chi connectivity index (χ0n) is 12.5. The third kappa shape index (κ3) is 2.51. The number of benzene rings is 1. The summed E-state index contributed by atoms with van der Waals surface area (Å²) in [6.07, 6.45) is 3.18. The molecule has 1 aliphatic carbocycles. The molecule has 0 bridgehead atoms. The highest BCUT2D eigenvalue weighted by Crippen LogP contribution is 2.40. The van der Waals surface area contributed by atoms with Gasteiger partial charge in [0.25, 0.3) is 11.8 Å².